The van der Waals surface area contributed by atoms with Crippen molar-refractivity contribution in [3.05, 3.63) is 53.6 Å². The summed E-state index contributed by atoms with van der Waals surface area (Å²) in [7, 11) is 1.59. The van der Waals surface area contributed by atoms with Gasteiger partial charge in [0.1, 0.15) is 0 Å². The highest BCUT2D eigenvalue weighted by Crippen LogP contribution is 2.33. The molecule has 5 heteroatoms. The van der Waals surface area contributed by atoms with Crippen molar-refractivity contribution >= 4 is 11.9 Å². The average Bonchev–Trinajstić information content (AvgIpc) is 3.08. The number of ketones is 1. The van der Waals surface area contributed by atoms with Gasteiger partial charge in [0.05, 0.1) is 13.7 Å². The van der Waals surface area contributed by atoms with Crippen LogP contribution < -0.4 is 18.9 Å². The van der Waals surface area contributed by atoms with Crippen LogP contribution in [0, 0.1) is 0 Å². The average molecular weight is 326 g/mol. The van der Waals surface area contributed by atoms with E-state index in [0.29, 0.717) is 35.2 Å². The van der Waals surface area contributed by atoms with Crippen molar-refractivity contribution in [3.8, 4) is 23.0 Å². The maximum absolute atomic E-state index is 12.3. The molecule has 1 aliphatic heterocycles. The van der Waals surface area contributed by atoms with E-state index in [0.717, 1.165) is 5.56 Å². The second kappa shape index (κ2) is 7.08. The van der Waals surface area contributed by atoms with Crippen molar-refractivity contribution in [3.63, 3.8) is 0 Å². The summed E-state index contributed by atoms with van der Waals surface area (Å²) in [6, 6.07) is 10.7. The lowest BCUT2D eigenvalue weighted by Gasteiger charge is -2.09. The number of ether oxygens (including phenoxy) is 4. The molecule has 0 bridgehead atoms. The highest BCUT2D eigenvalue weighted by Gasteiger charge is 2.15. The number of carbonyl (C=O) groups is 1. The predicted octanol–water partition coefficient (Wildman–Crippen LogP) is 3.72. The Balaban J connectivity index is 1.77. The molecule has 0 aliphatic carbocycles. The molecule has 3 rings (SSSR count). The van der Waals surface area contributed by atoms with E-state index in [-0.39, 0.29) is 12.6 Å². The van der Waals surface area contributed by atoms with Crippen LogP contribution in [-0.2, 0) is 0 Å². The third kappa shape index (κ3) is 3.35. The number of methoxy groups -OCH3 is 1. The van der Waals surface area contributed by atoms with Gasteiger partial charge in [-0.1, -0.05) is 12.1 Å². The SMILES string of the molecule is CCOc1cc(/C=C/C(=O)c2ccc3c(c2)OCO3)ccc1OC. The Morgan fingerprint density at radius 1 is 1.12 bits per heavy atom. The highest BCUT2D eigenvalue weighted by molar-refractivity contribution is 6.07. The zero-order valence-electron chi connectivity index (χ0n) is 13.6. The summed E-state index contributed by atoms with van der Waals surface area (Å²) >= 11 is 0. The smallest absolute Gasteiger partial charge is 0.231 e. The molecular weight excluding hydrogens is 308 g/mol. The van der Waals surface area contributed by atoms with Gasteiger partial charge in [-0.05, 0) is 48.9 Å². The van der Waals surface area contributed by atoms with Crippen molar-refractivity contribution in [2.75, 3.05) is 20.5 Å². The molecule has 2 aromatic carbocycles. The van der Waals surface area contributed by atoms with E-state index in [9.17, 15) is 4.79 Å². The summed E-state index contributed by atoms with van der Waals surface area (Å²) in [5.74, 6) is 2.46. The Hall–Kier alpha value is -2.95. The van der Waals surface area contributed by atoms with Crippen molar-refractivity contribution < 1.29 is 23.7 Å². The van der Waals surface area contributed by atoms with Crippen LogP contribution in [0.1, 0.15) is 22.8 Å². The molecule has 0 saturated carbocycles. The van der Waals surface area contributed by atoms with Gasteiger partial charge < -0.3 is 18.9 Å². The van der Waals surface area contributed by atoms with Gasteiger partial charge in [-0.25, -0.2) is 0 Å². The third-order valence-corrected chi connectivity index (χ3v) is 3.57. The molecular formula is C19H18O5. The minimum Gasteiger partial charge on any atom is -0.493 e. The summed E-state index contributed by atoms with van der Waals surface area (Å²) in [5.41, 5.74) is 1.40. The third-order valence-electron chi connectivity index (χ3n) is 3.57. The van der Waals surface area contributed by atoms with Gasteiger partial charge in [0, 0.05) is 5.56 Å². The van der Waals surface area contributed by atoms with Gasteiger partial charge in [0.25, 0.3) is 0 Å². The first-order valence-electron chi connectivity index (χ1n) is 7.64. The van der Waals surface area contributed by atoms with Crippen LogP contribution in [0.4, 0.5) is 0 Å². The fourth-order valence-corrected chi connectivity index (χ4v) is 2.38. The molecule has 0 radical (unpaired) electrons. The van der Waals surface area contributed by atoms with Crippen molar-refractivity contribution in [1.29, 1.82) is 0 Å². The minimum absolute atomic E-state index is 0.109. The molecule has 0 N–H and O–H groups in total. The second-order valence-corrected chi connectivity index (χ2v) is 5.11. The molecule has 1 aliphatic rings. The van der Waals surface area contributed by atoms with Gasteiger partial charge >= 0.3 is 0 Å². The normalized spacial score (nSPS) is 12.4. The van der Waals surface area contributed by atoms with Crippen molar-refractivity contribution in [1.82, 2.24) is 0 Å². The first-order chi connectivity index (χ1) is 11.7. The van der Waals surface area contributed by atoms with Gasteiger partial charge in [0.2, 0.25) is 6.79 Å². The van der Waals surface area contributed by atoms with E-state index in [2.05, 4.69) is 0 Å². The molecule has 5 nitrogen and oxygen atoms in total. The first-order valence-corrected chi connectivity index (χ1v) is 7.64. The number of allylic oxidation sites excluding steroid dienone is 1. The molecule has 0 amide bonds. The van der Waals surface area contributed by atoms with Gasteiger partial charge in [-0.2, -0.15) is 0 Å². The van der Waals surface area contributed by atoms with Crippen LogP contribution >= 0.6 is 0 Å². The first kappa shape index (κ1) is 15.9. The Bertz CT molecular complexity index is 779. The lowest BCUT2D eigenvalue weighted by Crippen LogP contribution is -1.96. The fourth-order valence-electron chi connectivity index (χ4n) is 2.38. The lowest BCUT2D eigenvalue weighted by atomic mass is 10.1. The molecule has 0 saturated heterocycles. The zero-order valence-corrected chi connectivity index (χ0v) is 13.6. The molecule has 0 unspecified atom stereocenters. The van der Waals surface area contributed by atoms with E-state index < -0.39 is 0 Å². The molecule has 0 spiro atoms. The lowest BCUT2D eigenvalue weighted by molar-refractivity contribution is 0.104. The zero-order chi connectivity index (χ0) is 16.9. The summed E-state index contributed by atoms with van der Waals surface area (Å²) in [6.07, 6.45) is 3.27. The Labute approximate surface area is 140 Å². The van der Waals surface area contributed by atoms with E-state index >= 15 is 0 Å². The second-order valence-electron chi connectivity index (χ2n) is 5.11. The molecule has 124 valence electrons. The van der Waals surface area contributed by atoms with Crippen LogP contribution in [0.15, 0.2) is 42.5 Å². The largest absolute Gasteiger partial charge is 0.493 e. The van der Waals surface area contributed by atoms with Crippen LogP contribution in [0.5, 0.6) is 23.0 Å². The standard InChI is InChI=1S/C19H18O5/c1-3-22-18-10-13(5-8-16(18)21-2)4-7-15(20)14-6-9-17-19(11-14)24-12-23-17/h4-11H,3,12H2,1-2H3/b7-4+. The van der Waals surface area contributed by atoms with E-state index in [1.54, 1.807) is 31.4 Å². The number of hydrogen-bond acceptors (Lipinski definition) is 5. The monoisotopic (exact) mass is 326 g/mol. The maximum atomic E-state index is 12.3. The van der Waals surface area contributed by atoms with Crippen LogP contribution in [0.25, 0.3) is 6.08 Å². The number of hydrogen-bond donors (Lipinski definition) is 0. The Morgan fingerprint density at radius 2 is 1.96 bits per heavy atom. The summed E-state index contributed by atoms with van der Waals surface area (Å²) in [6.45, 7) is 2.64. The summed E-state index contributed by atoms with van der Waals surface area (Å²) in [5, 5.41) is 0. The number of carbonyl (C=O) groups excluding carboxylic acids is 1. The van der Waals surface area contributed by atoms with E-state index in [1.807, 2.05) is 25.1 Å². The fraction of sp³-hybridized carbons (Fsp3) is 0.211. The Kier molecular flexibility index (Phi) is 4.70. The number of rotatable bonds is 6. The molecule has 0 aromatic heterocycles. The van der Waals surface area contributed by atoms with Gasteiger partial charge in [0.15, 0.2) is 28.8 Å². The topological polar surface area (TPSA) is 54.0 Å². The minimum atomic E-state index is -0.109. The van der Waals surface area contributed by atoms with Crippen LogP contribution in [-0.4, -0.2) is 26.3 Å². The van der Waals surface area contributed by atoms with Gasteiger partial charge in [-0.15, -0.1) is 0 Å². The molecule has 2 aromatic rings. The number of benzene rings is 2. The van der Waals surface area contributed by atoms with Crippen LogP contribution in [0.2, 0.25) is 0 Å². The summed E-state index contributed by atoms with van der Waals surface area (Å²) in [4.78, 5) is 12.3. The highest BCUT2D eigenvalue weighted by atomic mass is 16.7. The summed E-state index contributed by atoms with van der Waals surface area (Å²) < 4.78 is 21.3. The molecule has 0 atom stereocenters. The quantitative estimate of drug-likeness (QED) is 0.598. The number of fused-ring (bicyclic) bond motifs is 1. The Morgan fingerprint density at radius 3 is 2.75 bits per heavy atom. The van der Waals surface area contributed by atoms with E-state index in [4.69, 9.17) is 18.9 Å². The van der Waals surface area contributed by atoms with Crippen molar-refractivity contribution in [2.45, 2.75) is 6.92 Å². The molecule has 1 heterocycles. The molecule has 0 fully saturated rings. The van der Waals surface area contributed by atoms with Gasteiger partial charge in [-0.3, -0.25) is 4.79 Å². The predicted molar refractivity (Wildman–Crippen MR) is 90.1 cm³/mol. The van der Waals surface area contributed by atoms with Crippen LogP contribution in [0.3, 0.4) is 0 Å². The van der Waals surface area contributed by atoms with E-state index in [1.165, 1.54) is 6.08 Å². The van der Waals surface area contributed by atoms with Crippen molar-refractivity contribution in [2.24, 2.45) is 0 Å². The maximum Gasteiger partial charge on any atom is 0.231 e. The molecule has 24 heavy (non-hydrogen) atoms.